The Morgan fingerprint density at radius 2 is 1.62 bits per heavy atom. The standard InChI is InChI=1S/C11H17NO2S2/c1-4-12(5-2)16(13,14)11-8-6-10(15-3)7-9-11/h6-9H,4-5H2,1-3H3. The highest BCUT2D eigenvalue weighted by molar-refractivity contribution is 7.98. The summed E-state index contributed by atoms with van der Waals surface area (Å²) in [6.07, 6.45) is 1.97. The molecular weight excluding hydrogens is 242 g/mol. The quantitative estimate of drug-likeness (QED) is 0.762. The average molecular weight is 259 g/mol. The zero-order chi connectivity index (χ0) is 12.2. The molecule has 0 fully saturated rings. The Bertz CT molecular complexity index is 422. The number of sulfonamides is 1. The van der Waals surface area contributed by atoms with Crippen molar-refractivity contribution in [3.63, 3.8) is 0 Å². The molecule has 0 N–H and O–H groups in total. The van der Waals surface area contributed by atoms with Crippen molar-refractivity contribution in [2.24, 2.45) is 0 Å². The van der Waals surface area contributed by atoms with Crippen LogP contribution in [0.1, 0.15) is 13.8 Å². The molecule has 0 aliphatic carbocycles. The first-order chi connectivity index (χ1) is 7.56. The van der Waals surface area contributed by atoms with Gasteiger partial charge in [-0.1, -0.05) is 13.8 Å². The van der Waals surface area contributed by atoms with Crippen LogP contribution in [0, 0.1) is 0 Å². The fourth-order valence-corrected chi connectivity index (χ4v) is 3.33. The van der Waals surface area contributed by atoms with E-state index in [2.05, 4.69) is 0 Å². The molecule has 0 radical (unpaired) electrons. The summed E-state index contributed by atoms with van der Waals surface area (Å²) < 4.78 is 25.7. The average Bonchev–Trinajstić information content (AvgIpc) is 2.30. The molecular formula is C11H17NO2S2. The summed E-state index contributed by atoms with van der Waals surface area (Å²) in [5.41, 5.74) is 0. The van der Waals surface area contributed by atoms with E-state index < -0.39 is 10.0 Å². The van der Waals surface area contributed by atoms with Crippen molar-refractivity contribution in [1.82, 2.24) is 4.31 Å². The van der Waals surface area contributed by atoms with E-state index >= 15 is 0 Å². The van der Waals surface area contributed by atoms with Gasteiger partial charge in [-0.15, -0.1) is 11.8 Å². The van der Waals surface area contributed by atoms with Gasteiger partial charge < -0.3 is 0 Å². The molecule has 0 aliphatic rings. The molecule has 1 aromatic carbocycles. The van der Waals surface area contributed by atoms with Crippen LogP contribution in [0.5, 0.6) is 0 Å². The molecule has 0 heterocycles. The Kier molecular flexibility index (Phi) is 4.83. The first-order valence-electron chi connectivity index (χ1n) is 5.20. The molecule has 0 atom stereocenters. The van der Waals surface area contributed by atoms with E-state index in [0.717, 1.165) is 4.90 Å². The van der Waals surface area contributed by atoms with E-state index in [0.29, 0.717) is 18.0 Å². The molecule has 3 nitrogen and oxygen atoms in total. The normalized spacial score (nSPS) is 12.0. The lowest BCUT2D eigenvalue weighted by molar-refractivity contribution is 0.445. The van der Waals surface area contributed by atoms with Crippen LogP contribution < -0.4 is 0 Å². The van der Waals surface area contributed by atoms with Crippen LogP contribution in [-0.4, -0.2) is 32.1 Å². The van der Waals surface area contributed by atoms with Crippen molar-refractivity contribution < 1.29 is 8.42 Å². The molecule has 0 saturated heterocycles. The lowest BCUT2D eigenvalue weighted by Gasteiger charge is -2.18. The molecule has 90 valence electrons. The highest BCUT2D eigenvalue weighted by atomic mass is 32.2. The van der Waals surface area contributed by atoms with Crippen LogP contribution in [0.15, 0.2) is 34.1 Å². The molecule has 1 rings (SSSR count). The van der Waals surface area contributed by atoms with Gasteiger partial charge in [0, 0.05) is 18.0 Å². The predicted octanol–water partition coefficient (Wildman–Crippen LogP) is 2.44. The summed E-state index contributed by atoms with van der Waals surface area (Å²) in [6, 6.07) is 7.00. The minimum atomic E-state index is -3.30. The second-order valence-electron chi connectivity index (χ2n) is 3.26. The van der Waals surface area contributed by atoms with Gasteiger partial charge in [0.1, 0.15) is 0 Å². The maximum absolute atomic E-state index is 12.1. The lowest BCUT2D eigenvalue weighted by Crippen LogP contribution is -2.30. The maximum Gasteiger partial charge on any atom is 0.243 e. The monoisotopic (exact) mass is 259 g/mol. The highest BCUT2D eigenvalue weighted by Gasteiger charge is 2.20. The van der Waals surface area contributed by atoms with E-state index in [-0.39, 0.29) is 0 Å². The van der Waals surface area contributed by atoms with Gasteiger partial charge in [0.05, 0.1) is 4.90 Å². The van der Waals surface area contributed by atoms with Gasteiger partial charge in [0.15, 0.2) is 0 Å². The van der Waals surface area contributed by atoms with Crippen LogP contribution in [0.4, 0.5) is 0 Å². The predicted molar refractivity (Wildman–Crippen MR) is 68.3 cm³/mol. The van der Waals surface area contributed by atoms with E-state index in [9.17, 15) is 8.42 Å². The van der Waals surface area contributed by atoms with E-state index in [1.807, 2.05) is 32.2 Å². The Morgan fingerprint density at radius 1 is 1.12 bits per heavy atom. The van der Waals surface area contributed by atoms with Crippen molar-refractivity contribution in [2.45, 2.75) is 23.6 Å². The Labute approximate surface area is 102 Å². The third kappa shape index (κ3) is 2.78. The second kappa shape index (κ2) is 5.70. The topological polar surface area (TPSA) is 37.4 Å². The fourth-order valence-electron chi connectivity index (χ4n) is 1.46. The molecule has 1 aromatic rings. The third-order valence-corrected chi connectivity index (χ3v) is 5.21. The summed E-state index contributed by atoms with van der Waals surface area (Å²) in [5.74, 6) is 0. The zero-order valence-corrected chi connectivity index (χ0v) is 11.4. The number of rotatable bonds is 5. The summed E-state index contributed by atoms with van der Waals surface area (Å²) in [6.45, 7) is 4.70. The second-order valence-corrected chi connectivity index (χ2v) is 6.08. The van der Waals surface area contributed by atoms with Crippen LogP contribution in [0.2, 0.25) is 0 Å². The summed E-state index contributed by atoms with van der Waals surface area (Å²) in [4.78, 5) is 1.44. The zero-order valence-electron chi connectivity index (χ0n) is 9.80. The Balaban J connectivity index is 3.07. The molecule has 16 heavy (non-hydrogen) atoms. The van der Waals surface area contributed by atoms with E-state index in [1.54, 1.807) is 23.9 Å². The molecule has 5 heteroatoms. The van der Waals surface area contributed by atoms with Gasteiger partial charge in [-0.25, -0.2) is 8.42 Å². The molecule has 0 saturated carbocycles. The van der Waals surface area contributed by atoms with Gasteiger partial charge in [-0.3, -0.25) is 0 Å². The largest absolute Gasteiger partial charge is 0.243 e. The Morgan fingerprint density at radius 3 is 2.00 bits per heavy atom. The first-order valence-corrected chi connectivity index (χ1v) is 7.87. The van der Waals surface area contributed by atoms with E-state index in [1.165, 1.54) is 4.31 Å². The van der Waals surface area contributed by atoms with Crippen molar-refractivity contribution in [1.29, 1.82) is 0 Å². The van der Waals surface area contributed by atoms with Gasteiger partial charge in [-0.2, -0.15) is 4.31 Å². The summed E-state index contributed by atoms with van der Waals surface area (Å²) in [5, 5.41) is 0. The number of thioether (sulfide) groups is 1. The minimum Gasteiger partial charge on any atom is -0.207 e. The summed E-state index contributed by atoms with van der Waals surface area (Å²) >= 11 is 1.60. The maximum atomic E-state index is 12.1. The van der Waals surface area contributed by atoms with Crippen LogP contribution in [-0.2, 0) is 10.0 Å². The van der Waals surface area contributed by atoms with Crippen LogP contribution in [0.25, 0.3) is 0 Å². The highest BCUT2D eigenvalue weighted by Crippen LogP contribution is 2.20. The molecule has 0 aromatic heterocycles. The van der Waals surface area contributed by atoms with Crippen molar-refractivity contribution >= 4 is 21.8 Å². The SMILES string of the molecule is CCN(CC)S(=O)(=O)c1ccc(SC)cc1. The minimum absolute atomic E-state index is 0.369. The number of benzene rings is 1. The van der Waals surface area contributed by atoms with Gasteiger partial charge in [-0.05, 0) is 30.5 Å². The first kappa shape index (κ1) is 13.5. The van der Waals surface area contributed by atoms with Crippen molar-refractivity contribution in [2.75, 3.05) is 19.3 Å². The van der Waals surface area contributed by atoms with Gasteiger partial charge in [0.2, 0.25) is 10.0 Å². The number of hydrogen-bond donors (Lipinski definition) is 0. The van der Waals surface area contributed by atoms with Gasteiger partial charge >= 0.3 is 0 Å². The molecule has 0 spiro atoms. The lowest BCUT2D eigenvalue weighted by atomic mass is 10.4. The Hall–Kier alpha value is -0.520. The fraction of sp³-hybridized carbons (Fsp3) is 0.455. The third-order valence-electron chi connectivity index (χ3n) is 2.40. The van der Waals surface area contributed by atoms with Crippen LogP contribution >= 0.6 is 11.8 Å². The number of hydrogen-bond acceptors (Lipinski definition) is 3. The van der Waals surface area contributed by atoms with Crippen molar-refractivity contribution in [3.8, 4) is 0 Å². The van der Waals surface area contributed by atoms with Gasteiger partial charge in [0.25, 0.3) is 0 Å². The molecule has 0 aliphatic heterocycles. The molecule has 0 amide bonds. The molecule has 0 unspecified atom stereocenters. The number of nitrogens with zero attached hydrogens (tertiary/aromatic N) is 1. The summed E-state index contributed by atoms with van der Waals surface area (Å²) in [7, 11) is -3.30. The van der Waals surface area contributed by atoms with E-state index in [4.69, 9.17) is 0 Å². The van der Waals surface area contributed by atoms with Crippen molar-refractivity contribution in [3.05, 3.63) is 24.3 Å². The molecule has 0 bridgehead atoms. The van der Waals surface area contributed by atoms with Crippen LogP contribution in [0.3, 0.4) is 0 Å². The smallest absolute Gasteiger partial charge is 0.207 e.